The van der Waals surface area contributed by atoms with Crippen LogP contribution in [0, 0.1) is 0 Å². The van der Waals surface area contributed by atoms with Crippen LogP contribution in [0.15, 0.2) is 0 Å². The first-order chi connectivity index (χ1) is 6.70. The maximum absolute atomic E-state index is 11.2. The molecule has 0 aliphatic carbocycles. The van der Waals surface area contributed by atoms with Gasteiger partial charge in [-0.05, 0) is 6.92 Å². The number of ether oxygens (including phenoxy) is 2. The monoisotopic (exact) mass is 204 g/mol. The van der Waals surface area contributed by atoms with E-state index in [4.69, 9.17) is 9.47 Å². The first kappa shape index (κ1) is 13.4. The Balaban J connectivity index is 3.35. The molecule has 0 aromatic heterocycles. The highest BCUT2D eigenvalue weighted by Gasteiger charge is 2.05. The second-order valence-electron chi connectivity index (χ2n) is 3.09. The summed E-state index contributed by atoms with van der Waals surface area (Å²) in [7, 11) is 3.24. The second kappa shape index (κ2) is 8.93. The van der Waals surface area contributed by atoms with E-state index in [-0.39, 0.29) is 11.9 Å². The Morgan fingerprint density at radius 2 is 2.07 bits per heavy atom. The van der Waals surface area contributed by atoms with E-state index < -0.39 is 0 Å². The summed E-state index contributed by atoms with van der Waals surface area (Å²) >= 11 is 0. The highest BCUT2D eigenvalue weighted by Crippen LogP contribution is 1.81. The predicted octanol–water partition coefficient (Wildman–Crippen LogP) is -0.626. The Kier molecular flexibility index (Phi) is 8.51. The summed E-state index contributed by atoms with van der Waals surface area (Å²) in [4.78, 5) is 11.2. The maximum Gasteiger partial charge on any atom is 0.234 e. The molecule has 1 unspecified atom stereocenters. The van der Waals surface area contributed by atoms with Crippen LogP contribution in [-0.4, -0.2) is 52.5 Å². The predicted molar refractivity (Wildman–Crippen MR) is 54.2 cm³/mol. The van der Waals surface area contributed by atoms with Crippen molar-refractivity contribution in [3.05, 3.63) is 0 Å². The minimum absolute atomic E-state index is 0.0225. The number of carbonyl (C=O) groups is 1. The van der Waals surface area contributed by atoms with E-state index in [1.165, 1.54) is 0 Å². The lowest BCUT2D eigenvalue weighted by Crippen LogP contribution is -2.41. The van der Waals surface area contributed by atoms with E-state index in [0.29, 0.717) is 26.3 Å². The van der Waals surface area contributed by atoms with Crippen LogP contribution in [0.2, 0.25) is 0 Å². The molecule has 0 aliphatic rings. The lowest BCUT2D eigenvalue weighted by Gasteiger charge is -2.12. The third-order valence-electron chi connectivity index (χ3n) is 1.59. The zero-order chi connectivity index (χ0) is 10.8. The highest BCUT2D eigenvalue weighted by atomic mass is 16.5. The average Bonchev–Trinajstić information content (AvgIpc) is 2.13. The molecule has 0 spiro atoms. The zero-order valence-corrected chi connectivity index (χ0v) is 9.13. The summed E-state index contributed by atoms with van der Waals surface area (Å²) in [5.41, 5.74) is 0. The number of carbonyl (C=O) groups excluding carboxylic acids is 1. The van der Waals surface area contributed by atoms with Crippen LogP contribution in [-0.2, 0) is 14.3 Å². The Bertz CT molecular complexity index is 153. The molecule has 0 heterocycles. The number of hydrogen-bond acceptors (Lipinski definition) is 4. The molecule has 5 nitrogen and oxygen atoms in total. The van der Waals surface area contributed by atoms with Crippen molar-refractivity contribution in [2.24, 2.45) is 0 Å². The number of rotatable bonds is 8. The molecule has 0 aromatic rings. The molecule has 0 aliphatic heterocycles. The molecule has 2 N–H and O–H groups in total. The Hall–Kier alpha value is -0.650. The molecule has 1 atom stereocenters. The third kappa shape index (κ3) is 7.97. The number of amides is 1. The molecule has 0 fully saturated rings. The van der Waals surface area contributed by atoms with E-state index in [1.54, 1.807) is 14.2 Å². The van der Waals surface area contributed by atoms with Gasteiger partial charge in [0.2, 0.25) is 5.91 Å². The molecule has 0 aromatic carbocycles. The van der Waals surface area contributed by atoms with Crippen LogP contribution in [0.3, 0.4) is 0 Å². The van der Waals surface area contributed by atoms with Gasteiger partial charge in [0.05, 0.1) is 19.8 Å². The molecular weight excluding hydrogens is 184 g/mol. The lowest BCUT2D eigenvalue weighted by molar-refractivity contribution is -0.121. The van der Waals surface area contributed by atoms with Crippen molar-refractivity contribution in [3.63, 3.8) is 0 Å². The molecule has 0 radical (unpaired) electrons. The highest BCUT2D eigenvalue weighted by molar-refractivity contribution is 5.78. The Morgan fingerprint density at radius 1 is 1.36 bits per heavy atom. The van der Waals surface area contributed by atoms with Gasteiger partial charge in [-0.25, -0.2) is 0 Å². The van der Waals surface area contributed by atoms with Gasteiger partial charge in [-0.3, -0.25) is 4.79 Å². The van der Waals surface area contributed by atoms with Crippen LogP contribution < -0.4 is 10.6 Å². The van der Waals surface area contributed by atoms with Crippen molar-refractivity contribution in [1.29, 1.82) is 0 Å². The van der Waals surface area contributed by atoms with E-state index >= 15 is 0 Å². The number of hydrogen-bond donors (Lipinski definition) is 2. The summed E-state index contributed by atoms with van der Waals surface area (Å²) in [5, 5.41) is 5.75. The molecule has 14 heavy (non-hydrogen) atoms. The van der Waals surface area contributed by atoms with Gasteiger partial charge >= 0.3 is 0 Å². The third-order valence-corrected chi connectivity index (χ3v) is 1.59. The molecule has 1 amide bonds. The van der Waals surface area contributed by atoms with Crippen LogP contribution in [0.25, 0.3) is 0 Å². The van der Waals surface area contributed by atoms with E-state index in [1.807, 2.05) is 6.92 Å². The van der Waals surface area contributed by atoms with Gasteiger partial charge < -0.3 is 20.1 Å². The maximum atomic E-state index is 11.2. The van der Waals surface area contributed by atoms with Crippen molar-refractivity contribution in [1.82, 2.24) is 10.6 Å². The van der Waals surface area contributed by atoms with Crippen LogP contribution in [0.1, 0.15) is 6.92 Å². The fraction of sp³-hybridized carbons (Fsp3) is 0.889. The number of nitrogens with one attached hydrogen (secondary N) is 2. The summed E-state index contributed by atoms with van der Waals surface area (Å²) in [6, 6.07) is 0.0525. The first-order valence-corrected chi connectivity index (χ1v) is 4.68. The molecule has 0 saturated heterocycles. The zero-order valence-electron chi connectivity index (χ0n) is 9.13. The molecule has 0 rings (SSSR count). The molecule has 0 saturated carbocycles. The van der Waals surface area contributed by atoms with Crippen molar-refractivity contribution in [2.45, 2.75) is 13.0 Å². The fourth-order valence-corrected chi connectivity index (χ4v) is 0.994. The van der Waals surface area contributed by atoms with Crippen LogP contribution in [0.4, 0.5) is 0 Å². The summed E-state index contributed by atoms with van der Waals surface area (Å²) in [5.74, 6) is -0.0225. The van der Waals surface area contributed by atoms with E-state index in [0.717, 1.165) is 0 Å². The molecular formula is C9H20N2O3. The van der Waals surface area contributed by atoms with Crippen molar-refractivity contribution >= 4 is 5.91 Å². The standard InChI is InChI=1S/C9H20N2O3/c1-8(7-14-3)11-9(12)6-10-4-5-13-2/h8,10H,4-7H2,1-3H3,(H,11,12). The SMILES string of the molecule is COCCNCC(=O)NC(C)COC. The molecule has 84 valence electrons. The number of methoxy groups -OCH3 is 2. The Labute approximate surface area is 85.1 Å². The summed E-state index contributed by atoms with van der Waals surface area (Å²) in [6.45, 7) is 4.04. The Morgan fingerprint density at radius 3 is 2.64 bits per heavy atom. The van der Waals surface area contributed by atoms with Crippen LogP contribution >= 0.6 is 0 Å². The quantitative estimate of drug-likeness (QED) is 0.517. The van der Waals surface area contributed by atoms with Gasteiger partial charge in [-0.15, -0.1) is 0 Å². The minimum Gasteiger partial charge on any atom is -0.383 e. The molecule has 0 bridgehead atoms. The molecule has 5 heteroatoms. The average molecular weight is 204 g/mol. The van der Waals surface area contributed by atoms with Crippen LogP contribution in [0.5, 0.6) is 0 Å². The van der Waals surface area contributed by atoms with E-state index in [9.17, 15) is 4.79 Å². The van der Waals surface area contributed by atoms with Gasteiger partial charge in [0.25, 0.3) is 0 Å². The smallest absolute Gasteiger partial charge is 0.234 e. The topological polar surface area (TPSA) is 59.6 Å². The van der Waals surface area contributed by atoms with Gasteiger partial charge in [-0.2, -0.15) is 0 Å². The summed E-state index contributed by atoms with van der Waals surface area (Å²) in [6.07, 6.45) is 0. The fourth-order valence-electron chi connectivity index (χ4n) is 0.994. The van der Waals surface area contributed by atoms with Crippen molar-refractivity contribution in [2.75, 3.05) is 40.5 Å². The first-order valence-electron chi connectivity index (χ1n) is 4.68. The van der Waals surface area contributed by atoms with Gasteiger partial charge in [0.1, 0.15) is 0 Å². The summed E-state index contributed by atoms with van der Waals surface area (Å²) < 4.78 is 9.72. The van der Waals surface area contributed by atoms with Gasteiger partial charge in [0.15, 0.2) is 0 Å². The van der Waals surface area contributed by atoms with Crippen molar-refractivity contribution in [3.8, 4) is 0 Å². The lowest BCUT2D eigenvalue weighted by atomic mass is 10.3. The van der Waals surface area contributed by atoms with Gasteiger partial charge in [-0.1, -0.05) is 0 Å². The second-order valence-corrected chi connectivity index (χ2v) is 3.09. The van der Waals surface area contributed by atoms with Crippen molar-refractivity contribution < 1.29 is 14.3 Å². The van der Waals surface area contributed by atoms with E-state index in [2.05, 4.69) is 10.6 Å². The van der Waals surface area contributed by atoms with Gasteiger partial charge in [0, 0.05) is 26.8 Å². The largest absolute Gasteiger partial charge is 0.383 e. The minimum atomic E-state index is -0.0225. The normalized spacial score (nSPS) is 12.5.